The normalized spacial score (nSPS) is 31.0. The van der Waals surface area contributed by atoms with Gasteiger partial charge in [0.2, 0.25) is 0 Å². The van der Waals surface area contributed by atoms with E-state index in [1.54, 1.807) is 30.3 Å². The number of cyclic esters (lactones) is 1. The molecule has 3 heterocycles. The van der Waals surface area contributed by atoms with Crippen LogP contribution in [0.4, 0.5) is 9.59 Å². The van der Waals surface area contributed by atoms with E-state index in [0.29, 0.717) is 5.56 Å². The number of fused-ring (bicyclic) bond motifs is 2. The molecule has 0 saturated carbocycles. The van der Waals surface area contributed by atoms with Gasteiger partial charge in [-0.2, -0.15) is 8.42 Å². The lowest BCUT2D eigenvalue weighted by Gasteiger charge is -2.38. The quantitative estimate of drug-likeness (QED) is 0.562. The Morgan fingerprint density at radius 1 is 1.16 bits per heavy atom. The van der Waals surface area contributed by atoms with Crippen LogP contribution in [0.2, 0.25) is 0 Å². The minimum absolute atomic E-state index is 0.0366. The van der Waals surface area contributed by atoms with Crippen molar-refractivity contribution < 1.29 is 36.4 Å². The summed E-state index contributed by atoms with van der Waals surface area (Å²) in [6.45, 7) is 0.0453. The summed E-state index contributed by atoms with van der Waals surface area (Å²) in [5.41, 5.74) is 0.560. The molecular formula is C15H15NO8S. The fourth-order valence-electron chi connectivity index (χ4n) is 3.29. The SMILES string of the molecule is O=C1O[C@@H]2[C@H](CN3C(=O)OCC3[C@H]2OS(=O)(=O)Cc2ccccc2)O1. The van der Waals surface area contributed by atoms with Crippen molar-refractivity contribution in [2.45, 2.75) is 30.1 Å². The molecule has 4 rings (SSSR count). The lowest BCUT2D eigenvalue weighted by atomic mass is 9.95. The molecule has 1 unspecified atom stereocenters. The number of piperidine rings is 1. The first-order valence-electron chi connectivity index (χ1n) is 7.68. The van der Waals surface area contributed by atoms with E-state index in [-0.39, 0.29) is 18.9 Å². The summed E-state index contributed by atoms with van der Waals surface area (Å²) in [4.78, 5) is 24.5. The van der Waals surface area contributed by atoms with Gasteiger partial charge in [-0.15, -0.1) is 0 Å². The maximum absolute atomic E-state index is 12.5. The largest absolute Gasteiger partial charge is 0.509 e. The number of carbonyl (C=O) groups is 2. The van der Waals surface area contributed by atoms with Gasteiger partial charge in [-0.1, -0.05) is 30.3 Å². The van der Waals surface area contributed by atoms with Crippen LogP contribution in [0, 0.1) is 0 Å². The summed E-state index contributed by atoms with van der Waals surface area (Å²) in [6.07, 6.45) is -4.27. The van der Waals surface area contributed by atoms with Crippen molar-refractivity contribution in [1.29, 1.82) is 0 Å². The zero-order valence-corrected chi connectivity index (χ0v) is 13.8. The lowest BCUT2D eigenvalue weighted by molar-refractivity contribution is -0.0447. The van der Waals surface area contributed by atoms with E-state index < -0.39 is 46.7 Å². The molecule has 0 aliphatic carbocycles. The zero-order chi connectivity index (χ0) is 17.6. The average molecular weight is 369 g/mol. The van der Waals surface area contributed by atoms with Gasteiger partial charge in [-0.3, -0.25) is 9.08 Å². The van der Waals surface area contributed by atoms with E-state index in [4.69, 9.17) is 18.4 Å². The second-order valence-corrected chi connectivity index (χ2v) is 7.63. The van der Waals surface area contributed by atoms with E-state index >= 15 is 0 Å². The van der Waals surface area contributed by atoms with Crippen molar-refractivity contribution in [3.05, 3.63) is 35.9 Å². The Morgan fingerprint density at radius 3 is 2.68 bits per heavy atom. The Labute approximate surface area is 143 Å². The fraction of sp³-hybridized carbons (Fsp3) is 0.467. The monoisotopic (exact) mass is 369 g/mol. The van der Waals surface area contributed by atoms with E-state index in [2.05, 4.69) is 0 Å². The second-order valence-electron chi connectivity index (χ2n) is 6.03. The predicted molar refractivity (Wildman–Crippen MR) is 80.9 cm³/mol. The number of rotatable bonds is 4. The average Bonchev–Trinajstić information content (AvgIpc) is 3.10. The summed E-state index contributed by atoms with van der Waals surface area (Å²) in [5, 5.41) is 0. The molecule has 3 aliphatic heterocycles. The highest BCUT2D eigenvalue weighted by Gasteiger charge is 2.57. The molecule has 0 N–H and O–H groups in total. The van der Waals surface area contributed by atoms with Crippen LogP contribution in [0.25, 0.3) is 0 Å². The first-order chi connectivity index (χ1) is 11.9. The summed E-state index contributed by atoms with van der Waals surface area (Å²) in [6, 6.07) is 7.89. The van der Waals surface area contributed by atoms with E-state index in [1.807, 2.05) is 0 Å². The van der Waals surface area contributed by atoms with Crippen LogP contribution in [0.3, 0.4) is 0 Å². The number of hydrogen-bond donors (Lipinski definition) is 0. The molecule has 1 aromatic rings. The Balaban J connectivity index is 1.58. The van der Waals surface area contributed by atoms with Gasteiger partial charge in [0.15, 0.2) is 12.2 Å². The highest BCUT2D eigenvalue weighted by atomic mass is 32.2. The minimum Gasteiger partial charge on any atom is -0.447 e. The van der Waals surface area contributed by atoms with E-state index in [9.17, 15) is 18.0 Å². The van der Waals surface area contributed by atoms with Crippen LogP contribution in [-0.2, 0) is 34.3 Å². The van der Waals surface area contributed by atoms with Gasteiger partial charge in [0.05, 0.1) is 6.54 Å². The number of carbonyl (C=O) groups excluding carboxylic acids is 2. The number of nitrogens with zero attached hydrogens (tertiary/aromatic N) is 1. The van der Waals surface area contributed by atoms with Gasteiger partial charge < -0.3 is 14.2 Å². The van der Waals surface area contributed by atoms with Crippen LogP contribution < -0.4 is 0 Å². The van der Waals surface area contributed by atoms with E-state index in [1.165, 1.54) is 4.90 Å². The van der Waals surface area contributed by atoms with Crippen molar-refractivity contribution in [2.24, 2.45) is 0 Å². The maximum atomic E-state index is 12.5. The summed E-state index contributed by atoms with van der Waals surface area (Å²) >= 11 is 0. The van der Waals surface area contributed by atoms with Crippen LogP contribution in [0.15, 0.2) is 30.3 Å². The molecule has 0 spiro atoms. The van der Waals surface area contributed by atoms with Crippen molar-refractivity contribution in [1.82, 2.24) is 4.90 Å². The minimum atomic E-state index is -3.99. The third kappa shape index (κ3) is 3.02. The Kier molecular flexibility index (Phi) is 3.80. The topological polar surface area (TPSA) is 108 Å². The van der Waals surface area contributed by atoms with Crippen molar-refractivity contribution in [2.75, 3.05) is 13.2 Å². The van der Waals surface area contributed by atoms with Gasteiger partial charge >= 0.3 is 12.2 Å². The molecule has 1 amide bonds. The summed E-state index contributed by atoms with van der Waals surface area (Å²) < 4.78 is 45.3. The van der Waals surface area contributed by atoms with Gasteiger partial charge in [0.25, 0.3) is 10.1 Å². The van der Waals surface area contributed by atoms with Crippen molar-refractivity contribution in [3.63, 3.8) is 0 Å². The molecule has 3 saturated heterocycles. The Morgan fingerprint density at radius 2 is 1.92 bits per heavy atom. The molecule has 10 heteroatoms. The van der Waals surface area contributed by atoms with Gasteiger partial charge in [0, 0.05) is 0 Å². The van der Waals surface area contributed by atoms with Crippen molar-refractivity contribution in [3.8, 4) is 0 Å². The number of benzene rings is 1. The highest BCUT2D eigenvalue weighted by molar-refractivity contribution is 7.85. The van der Waals surface area contributed by atoms with Crippen molar-refractivity contribution >= 4 is 22.4 Å². The summed E-state index contributed by atoms with van der Waals surface area (Å²) in [5.74, 6) is -0.335. The van der Waals surface area contributed by atoms with Crippen LogP contribution in [0.1, 0.15) is 5.56 Å². The third-order valence-electron chi connectivity index (χ3n) is 4.38. The molecule has 0 radical (unpaired) electrons. The fourth-order valence-corrected chi connectivity index (χ4v) is 4.53. The smallest absolute Gasteiger partial charge is 0.447 e. The Bertz CT molecular complexity index is 793. The zero-order valence-electron chi connectivity index (χ0n) is 12.9. The molecule has 25 heavy (non-hydrogen) atoms. The van der Waals surface area contributed by atoms with Gasteiger partial charge in [-0.25, -0.2) is 9.59 Å². The third-order valence-corrected chi connectivity index (χ3v) is 5.58. The predicted octanol–water partition coefficient (Wildman–Crippen LogP) is 0.640. The first kappa shape index (κ1) is 16.2. The molecule has 3 aliphatic rings. The second kappa shape index (κ2) is 5.88. The van der Waals surface area contributed by atoms with Gasteiger partial charge in [0.1, 0.15) is 24.5 Å². The molecular weight excluding hydrogens is 354 g/mol. The number of amides is 1. The molecule has 0 aromatic heterocycles. The molecule has 3 fully saturated rings. The lowest BCUT2D eigenvalue weighted by Crippen LogP contribution is -2.60. The molecule has 4 atom stereocenters. The number of hydrogen-bond acceptors (Lipinski definition) is 8. The highest BCUT2D eigenvalue weighted by Crippen LogP contribution is 2.34. The van der Waals surface area contributed by atoms with E-state index in [0.717, 1.165) is 0 Å². The van der Waals surface area contributed by atoms with Crippen LogP contribution >= 0.6 is 0 Å². The summed E-state index contributed by atoms with van der Waals surface area (Å²) in [7, 11) is -3.99. The van der Waals surface area contributed by atoms with Crippen LogP contribution in [0.5, 0.6) is 0 Å². The maximum Gasteiger partial charge on any atom is 0.509 e. The molecule has 134 valence electrons. The number of ether oxygens (including phenoxy) is 3. The van der Waals surface area contributed by atoms with Gasteiger partial charge in [-0.05, 0) is 5.56 Å². The molecule has 9 nitrogen and oxygen atoms in total. The molecule has 0 bridgehead atoms. The standard InChI is InChI=1S/C15H15NO8S/c17-14-16-6-11-13(23-15(18)22-11)12(10(16)7-21-14)24-25(19,20)8-9-4-2-1-3-5-9/h1-5,10-13H,6-8H2/t10?,11-,12+,13+/m0/s1. The van der Waals surface area contributed by atoms with Crippen LogP contribution in [-0.4, -0.2) is 63.1 Å². The first-order valence-corrected chi connectivity index (χ1v) is 9.26. The Hall–Kier alpha value is -2.33. The molecule has 1 aromatic carbocycles.